The van der Waals surface area contributed by atoms with Gasteiger partial charge in [-0.05, 0) is 62.1 Å². The smallest absolute Gasteiger partial charge is 0.232 e. The Morgan fingerprint density at radius 2 is 1.84 bits per heavy atom. The monoisotopic (exact) mass is 446 g/mol. The van der Waals surface area contributed by atoms with Crippen LogP contribution in [0.3, 0.4) is 0 Å². The largest absolute Gasteiger partial charge is 0.486 e. The van der Waals surface area contributed by atoms with Gasteiger partial charge in [0.1, 0.15) is 13.2 Å². The maximum atomic E-state index is 12.5. The first-order valence-corrected chi connectivity index (χ1v) is 12.2. The number of benzene rings is 2. The van der Waals surface area contributed by atoms with E-state index in [1.165, 1.54) is 10.6 Å². The molecule has 0 saturated carbocycles. The molecule has 0 saturated heterocycles. The average Bonchev–Trinajstić information content (AvgIpc) is 2.72. The maximum Gasteiger partial charge on any atom is 0.232 e. The third-order valence-electron chi connectivity index (χ3n) is 5.45. The van der Waals surface area contributed by atoms with Crippen molar-refractivity contribution in [3.8, 4) is 11.5 Å². The van der Waals surface area contributed by atoms with Crippen molar-refractivity contribution in [1.29, 1.82) is 0 Å². The Morgan fingerprint density at radius 1 is 1.13 bits per heavy atom. The molecule has 1 aliphatic heterocycles. The highest BCUT2D eigenvalue weighted by Crippen LogP contribution is 2.32. The van der Waals surface area contributed by atoms with Crippen molar-refractivity contribution in [3.05, 3.63) is 53.1 Å². The zero-order valence-corrected chi connectivity index (χ0v) is 19.3. The molecule has 31 heavy (non-hydrogen) atoms. The Hall–Kier alpha value is -2.74. The Balaban J connectivity index is 1.58. The van der Waals surface area contributed by atoms with Crippen molar-refractivity contribution in [2.24, 2.45) is 0 Å². The Labute approximate surface area is 184 Å². The highest BCUT2D eigenvalue weighted by Gasteiger charge is 2.20. The molecule has 0 spiro atoms. The molecular weight excluding hydrogens is 416 g/mol. The van der Waals surface area contributed by atoms with E-state index in [9.17, 15) is 13.2 Å². The van der Waals surface area contributed by atoms with Gasteiger partial charge in [0, 0.05) is 13.0 Å². The maximum absolute atomic E-state index is 12.5. The minimum absolute atomic E-state index is 0.128. The fourth-order valence-electron chi connectivity index (χ4n) is 3.58. The van der Waals surface area contributed by atoms with Crippen LogP contribution >= 0.6 is 0 Å². The van der Waals surface area contributed by atoms with E-state index in [2.05, 4.69) is 5.32 Å². The lowest BCUT2D eigenvalue weighted by atomic mass is 10.1. The van der Waals surface area contributed by atoms with Gasteiger partial charge >= 0.3 is 0 Å². The first-order chi connectivity index (χ1) is 14.7. The van der Waals surface area contributed by atoms with Crippen LogP contribution in [0.25, 0.3) is 0 Å². The van der Waals surface area contributed by atoms with E-state index in [0.717, 1.165) is 16.7 Å². The van der Waals surface area contributed by atoms with Crippen molar-refractivity contribution >= 4 is 21.6 Å². The summed E-state index contributed by atoms with van der Waals surface area (Å²) in [6.07, 6.45) is 1.84. The van der Waals surface area contributed by atoms with Crippen LogP contribution in [0, 0.1) is 13.8 Å². The topological polar surface area (TPSA) is 84.9 Å². The summed E-state index contributed by atoms with van der Waals surface area (Å²) in [6, 6.07) is 11.0. The fourth-order valence-corrected chi connectivity index (χ4v) is 4.60. The molecule has 0 bridgehead atoms. The number of amides is 1. The molecule has 168 valence electrons. The van der Waals surface area contributed by atoms with Gasteiger partial charge < -0.3 is 14.8 Å². The summed E-state index contributed by atoms with van der Waals surface area (Å²) in [5, 5.41) is 2.97. The van der Waals surface area contributed by atoms with Gasteiger partial charge in [-0.1, -0.05) is 18.2 Å². The van der Waals surface area contributed by atoms with Crippen LogP contribution < -0.4 is 19.1 Å². The van der Waals surface area contributed by atoms with Gasteiger partial charge in [0.25, 0.3) is 0 Å². The van der Waals surface area contributed by atoms with Crippen LogP contribution in [-0.4, -0.2) is 40.3 Å². The number of nitrogens with one attached hydrogen (secondary N) is 1. The van der Waals surface area contributed by atoms with Gasteiger partial charge in [0.2, 0.25) is 15.9 Å². The molecule has 7 nitrogen and oxygen atoms in total. The summed E-state index contributed by atoms with van der Waals surface area (Å²) >= 11 is 0. The van der Waals surface area contributed by atoms with Crippen molar-refractivity contribution in [1.82, 2.24) is 5.32 Å². The molecule has 0 fully saturated rings. The van der Waals surface area contributed by atoms with Crippen molar-refractivity contribution in [2.75, 3.05) is 30.3 Å². The number of nitrogens with zero attached hydrogens (tertiary/aromatic N) is 1. The van der Waals surface area contributed by atoms with E-state index in [-0.39, 0.29) is 24.9 Å². The zero-order valence-electron chi connectivity index (χ0n) is 18.5. The van der Waals surface area contributed by atoms with E-state index in [1.807, 2.05) is 51.1 Å². The summed E-state index contributed by atoms with van der Waals surface area (Å²) < 4.78 is 37.2. The number of fused-ring (bicyclic) bond motifs is 1. The van der Waals surface area contributed by atoms with E-state index in [1.54, 1.807) is 6.07 Å². The molecule has 0 aromatic heterocycles. The lowest BCUT2D eigenvalue weighted by Gasteiger charge is -2.25. The first-order valence-electron chi connectivity index (χ1n) is 10.4. The number of sulfonamides is 1. The number of rotatable bonds is 8. The number of carbonyl (C=O) groups excluding carboxylic acids is 1. The van der Waals surface area contributed by atoms with Crippen molar-refractivity contribution in [3.63, 3.8) is 0 Å². The van der Waals surface area contributed by atoms with E-state index in [4.69, 9.17) is 9.47 Å². The number of aryl methyl sites for hydroxylation is 1. The predicted octanol–water partition coefficient (Wildman–Crippen LogP) is 3.50. The summed E-state index contributed by atoms with van der Waals surface area (Å²) in [5.41, 5.74) is 3.53. The van der Waals surface area contributed by atoms with Crippen LogP contribution in [-0.2, 0) is 14.8 Å². The van der Waals surface area contributed by atoms with Gasteiger partial charge in [-0.3, -0.25) is 9.10 Å². The van der Waals surface area contributed by atoms with Crippen LogP contribution in [0.2, 0.25) is 0 Å². The lowest BCUT2D eigenvalue weighted by molar-refractivity contribution is -0.121. The van der Waals surface area contributed by atoms with Gasteiger partial charge in [-0.25, -0.2) is 8.42 Å². The summed E-state index contributed by atoms with van der Waals surface area (Å²) in [7, 11) is -3.45. The number of carbonyl (C=O) groups is 1. The number of ether oxygens (including phenoxy) is 2. The molecule has 2 aromatic rings. The van der Waals surface area contributed by atoms with Crippen molar-refractivity contribution < 1.29 is 22.7 Å². The van der Waals surface area contributed by atoms with Crippen molar-refractivity contribution in [2.45, 2.75) is 39.7 Å². The lowest BCUT2D eigenvalue weighted by Crippen LogP contribution is -2.33. The minimum atomic E-state index is -3.45. The molecule has 1 atom stereocenters. The molecule has 0 unspecified atom stereocenters. The average molecular weight is 447 g/mol. The molecule has 1 amide bonds. The second-order valence-electron chi connectivity index (χ2n) is 7.85. The fraction of sp³-hybridized carbons (Fsp3) is 0.435. The third kappa shape index (κ3) is 5.70. The Kier molecular flexibility index (Phi) is 7.10. The minimum Gasteiger partial charge on any atom is -0.486 e. The quantitative estimate of drug-likeness (QED) is 0.671. The standard InChI is InChI=1S/C23H30N2O5S/c1-16-7-5-8-20(17(16)2)25(31(4,27)28)12-6-9-23(26)24-18(3)19-10-11-21-22(15-19)30-14-13-29-21/h5,7-8,10-11,15,18H,6,9,12-14H2,1-4H3,(H,24,26)/t18-/m1/s1. The number of anilines is 1. The molecule has 1 heterocycles. The van der Waals surface area contributed by atoms with E-state index in [0.29, 0.717) is 36.8 Å². The first kappa shape index (κ1) is 22.9. The second-order valence-corrected chi connectivity index (χ2v) is 9.76. The van der Waals surface area contributed by atoms with Gasteiger partial charge in [0.05, 0.1) is 18.0 Å². The second kappa shape index (κ2) is 9.60. The molecule has 8 heteroatoms. The SMILES string of the molecule is Cc1cccc(N(CCCC(=O)N[C@H](C)c2ccc3c(c2)OCCO3)S(C)(=O)=O)c1C. The Bertz CT molecular complexity index is 1050. The third-order valence-corrected chi connectivity index (χ3v) is 6.63. The van der Waals surface area contributed by atoms with Gasteiger partial charge in [-0.15, -0.1) is 0 Å². The van der Waals surface area contributed by atoms with E-state index < -0.39 is 10.0 Å². The zero-order chi connectivity index (χ0) is 22.6. The van der Waals surface area contributed by atoms with Crippen LogP contribution in [0.4, 0.5) is 5.69 Å². The summed E-state index contributed by atoms with van der Waals surface area (Å²) in [6.45, 7) is 7.05. The van der Waals surface area contributed by atoms with E-state index >= 15 is 0 Å². The number of hydrogen-bond donors (Lipinski definition) is 1. The normalized spacial score (nSPS) is 14.1. The Morgan fingerprint density at radius 3 is 2.55 bits per heavy atom. The van der Waals surface area contributed by atoms with Crippen LogP contribution in [0.15, 0.2) is 36.4 Å². The molecule has 0 aliphatic carbocycles. The molecule has 3 rings (SSSR count). The number of hydrogen-bond acceptors (Lipinski definition) is 5. The van der Waals surface area contributed by atoms with Crippen LogP contribution in [0.1, 0.15) is 42.5 Å². The van der Waals surface area contributed by atoms with Crippen LogP contribution in [0.5, 0.6) is 11.5 Å². The molecule has 1 aliphatic rings. The highest BCUT2D eigenvalue weighted by molar-refractivity contribution is 7.92. The van der Waals surface area contributed by atoms with Gasteiger partial charge in [-0.2, -0.15) is 0 Å². The molecule has 2 aromatic carbocycles. The predicted molar refractivity (Wildman–Crippen MR) is 121 cm³/mol. The molecule has 0 radical (unpaired) electrons. The summed E-state index contributed by atoms with van der Waals surface area (Å²) in [4.78, 5) is 12.5. The highest BCUT2D eigenvalue weighted by atomic mass is 32.2. The summed E-state index contributed by atoms with van der Waals surface area (Å²) in [5.74, 6) is 1.26. The van der Waals surface area contributed by atoms with Gasteiger partial charge in [0.15, 0.2) is 11.5 Å². The molecule has 1 N–H and O–H groups in total. The molecular formula is C23H30N2O5S.